The van der Waals surface area contributed by atoms with E-state index in [0.717, 1.165) is 16.3 Å². The standard InChI is InChI=1S/C25H24N4O5/c1-3-28(4-2)29(20-14-22(30)23(20)31)21(25(32)33)13-16-5-7-18(8-6-16)34-24-19-15-26-11-9-17(19)10-12-27-24/h5-12,14-15,21H,3-4,13H2,1-2H3,(H,32,33). The minimum Gasteiger partial charge on any atom is -0.480 e. The highest BCUT2D eigenvalue weighted by Crippen LogP contribution is 2.27. The van der Waals surface area contributed by atoms with Crippen molar-refractivity contribution in [2.45, 2.75) is 26.3 Å². The van der Waals surface area contributed by atoms with E-state index in [-0.39, 0.29) is 12.1 Å². The molecule has 34 heavy (non-hydrogen) atoms. The monoisotopic (exact) mass is 460 g/mol. The topological polar surface area (TPSA) is 113 Å². The summed E-state index contributed by atoms with van der Waals surface area (Å²) < 4.78 is 5.93. The number of nitrogens with zero attached hydrogens (tertiary/aromatic N) is 4. The molecule has 0 spiro atoms. The lowest BCUT2D eigenvalue weighted by atomic mass is 10.0. The van der Waals surface area contributed by atoms with E-state index in [0.29, 0.717) is 24.7 Å². The number of anilines is 1. The quantitative estimate of drug-likeness (QED) is 0.282. The van der Waals surface area contributed by atoms with Gasteiger partial charge in [0.2, 0.25) is 16.7 Å². The average molecular weight is 460 g/mol. The zero-order valence-corrected chi connectivity index (χ0v) is 18.8. The SMILES string of the molecule is CCN(CC)N(c1cc(=O)c1=O)C(Cc1ccc(Oc2nccc3ccncc23)cc1)C(=O)O. The normalized spacial score (nSPS) is 12.2. The Labute approximate surface area is 195 Å². The second kappa shape index (κ2) is 9.80. The summed E-state index contributed by atoms with van der Waals surface area (Å²) in [6.07, 6.45) is 5.17. The molecule has 0 aliphatic carbocycles. The highest BCUT2D eigenvalue weighted by Gasteiger charge is 2.33. The Morgan fingerprint density at radius 1 is 1.06 bits per heavy atom. The van der Waals surface area contributed by atoms with E-state index >= 15 is 0 Å². The Bertz CT molecular complexity index is 1370. The van der Waals surface area contributed by atoms with E-state index in [4.69, 9.17) is 4.74 Å². The van der Waals surface area contributed by atoms with Gasteiger partial charge in [0, 0.05) is 44.2 Å². The molecule has 0 amide bonds. The number of hydrogen-bond donors (Lipinski definition) is 1. The number of carboxylic acids is 1. The van der Waals surface area contributed by atoms with Gasteiger partial charge in [0.15, 0.2) is 0 Å². The Hall–Kier alpha value is -4.11. The number of hydrogen-bond acceptors (Lipinski definition) is 8. The maximum Gasteiger partial charge on any atom is 0.328 e. The van der Waals surface area contributed by atoms with E-state index in [1.165, 1.54) is 11.1 Å². The molecule has 0 fully saturated rings. The molecule has 2 heterocycles. The maximum atomic E-state index is 12.2. The van der Waals surface area contributed by atoms with Gasteiger partial charge in [-0.25, -0.2) is 14.8 Å². The second-order valence-electron chi connectivity index (χ2n) is 7.72. The van der Waals surface area contributed by atoms with Crippen LogP contribution in [0.4, 0.5) is 5.69 Å². The van der Waals surface area contributed by atoms with Crippen molar-refractivity contribution in [1.29, 1.82) is 0 Å². The number of aliphatic carboxylic acids is 1. The highest BCUT2D eigenvalue weighted by molar-refractivity contribution is 5.85. The summed E-state index contributed by atoms with van der Waals surface area (Å²) in [5.74, 6) is -0.121. The molecule has 2 aromatic carbocycles. The van der Waals surface area contributed by atoms with Crippen molar-refractivity contribution in [1.82, 2.24) is 15.0 Å². The number of carboxylic acid groups (broad SMARTS) is 1. The van der Waals surface area contributed by atoms with Crippen LogP contribution in [0, 0.1) is 0 Å². The van der Waals surface area contributed by atoms with E-state index in [1.807, 2.05) is 26.0 Å². The smallest absolute Gasteiger partial charge is 0.328 e. The van der Waals surface area contributed by atoms with Crippen LogP contribution in [0.3, 0.4) is 0 Å². The fraction of sp³-hybridized carbons (Fsp3) is 0.240. The summed E-state index contributed by atoms with van der Waals surface area (Å²) >= 11 is 0. The Balaban J connectivity index is 1.57. The van der Waals surface area contributed by atoms with E-state index in [2.05, 4.69) is 9.97 Å². The fourth-order valence-corrected chi connectivity index (χ4v) is 3.89. The molecule has 0 aliphatic rings. The van der Waals surface area contributed by atoms with Gasteiger partial charge < -0.3 is 9.84 Å². The zero-order chi connectivity index (χ0) is 24.2. The molecule has 0 radical (unpaired) electrons. The molecule has 9 heteroatoms. The van der Waals surface area contributed by atoms with Crippen molar-refractivity contribution in [2.24, 2.45) is 0 Å². The molecular weight excluding hydrogens is 436 g/mol. The fourth-order valence-electron chi connectivity index (χ4n) is 3.89. The summed E-state index contributed by atoms with van der Waals surface area (Å²) in [5.41, 5.74) is -0.436. The number of aromatic nitrogens is 2. The molecule has 1 N–H and O–H groups in total. The van der Waals surface area contributed by atoms with Crippen LogP contribution in [0.1, 0.15) is 19.4 Å². The molecule has 4 rings (SSSR count). The number of fused-ring (bicyclic) bond motifs is 1. The molecule has 174 valence electrons. The van der Waals surface area contributed by atoms with Gasteiger partial charge in [-0.1, -0.05) is 26.0 Å². The van der Waals surface area contributed by atoms with Crippen LogP contribution in [-0.2, 0) is 11.2 Å². The molecule has 0 saturated heterocycles. The Morgan fingerprint density at radius 3 is 2.38 bits per heavy atom. The maximum absolute atomic E-state index is 12.2. The van der Waals surface area contributed by atoms with Crippen molar-refractivity contribution >= 4 is 22.4 Å². The summed E-state index contributed by atoms with van der Waals surface area (Å²) in [5, 5.41) is 14.9. The number of hydrazine groups is 1. The summed E-state index contributed by atoms with van der Waals surface area (Å²) in [7, 11) is 0. The van der Waals surface area contributed by atoms with Crippen LogP contribution in [0.25, 0.3) is 10.8 Å². The van der Waals surface area contributed by atoms with E-state index in [9.17, 15) is 19.5 Å². The highest BCUT2D eigenvalue weighted by atomic mass is 16.5. The molecule has 1 unspecified atom stereocenters. The van der Waals surface area contributed by atoms with Crippen LogP contribution in [0.15, 0.2) is 70.6 Å². The molecule has 4 aromatic rings. The number of pyridine rings is 2. The van der Waals surface area contributed by atoms with Gasteiger partial charge in [-0.3, -0.25) is 19.6 Å². The number of rotatable bonds is 10. The first-order valence-electron chi connectivity index (χ1n) is 11.0. The molecule has 0 aliphatic heterocycles. The minimum absolute atomic E-state index is 0.108. The van der Waals surface area contributed by atoms with Gasteiger partial charge in [0.25, 0.3) is 0 Å². The van der Waals surface area contributed by atoms with Crippen LogP contribution in [0.2, 0.25) is 0 Å². The van der Waals surface area contributed by atoms with Crippen LogP contribution < -0.4 is 20.6 Å². The van der Waals surface area contributed by atoms with Crippen LogP contribution >= 0.6 is 0 Å². The molecule has 0 saturated carbocycles. The van der Waals surface area contributed by atoms with Gasteiger partial charge in [-0.15, -0.1) is 0 Å². The van der Waals surface area contributed by atoms with Crippen molar-refractivity contribution in [2.75, 3.05) is 18.1 Å². The van der Waals surface area contributed by atoms with E-state index in [1.54, 1.807) is 47.9 Å². The summed E-state index contributed by atoms with van der Waals surface area (Å²) in [6, 6.07) is 10.9. The lowest BCUT2D eigenvalue weighted by molar-refractivity contribution is -0.139. The van der Waals surface area contributed by atoms with Crippen LogP contribution in [-0.4, -0.2) is 45.2 Å². The number of benzene rings is 1. The Morgan fingerprint density at radius 2 is 1.76 bits per heavy atom. The molecule has 9 nitrogen and oxygen atoms in total. The van der Waals surface area contributed by atoms with Gasteiger partial charge in [0.05, 0.1) is 5.39 Å². The van der Waals surface area contributed by atoms with Crippen molar-refractivity contribution in [3.8, 4) is 11.6 Å². The minimum atomic E-state index is -1.09. The summed E-state index contributed by atoms with van der Waals surface area (Å²) in [4.78, 5) is 44.3. The zero-order valence-electron chi connectivity index (χ0n) is 18.8. The van der Waals surface area contributed by atoms with Gasteiger partial charge in [0.1, 0.15) is 17.5 Å². The average Bonchev–Trinajstić information content (AvgIpc) is 2.86. The number of carbonyl (C=O) groups is 1. The third-order valence-electron chi connectivity index (χ3n) is 5.68. The lowest BCUT2D eigenvalue weighted by Crippen LogP contribution is -2.57. The molecule has 2 aromatic heterocycles. The Kier molecular flexibility index (Phi) is 6.65. The third kappa shape index (κ3) is 4.51. The van der Waals surface area contributed by atoms with Crippen molar-refractivity contribution in [3.05, 3.63) is 87.1 Å². The van der Waals surface area contributed by atoms with Crippen molar-refractivity contribution in [3.63, 3.8) is 0 Å². The summed E-state index contributed by atoms with van der Waals surface area (Å²) in [6.45, 7) is 4.70. The second-order valence-corrected chi connectivity index (χ2v) is 7.72. The third-order valence-corrected chi connectivity index (χ3v) is 5.68. The van der Waals surface area contributed by atoms with Crippen LogP contribution in [0.5, 0.6) is 11.6 Å². The predicted octanol–water partition coefficient (Wildman–Crippen LogP) is 2.78. The first-order chi connectivity index (χ1) is 16.4. The number of ether oxygens (including phenoxy) is 1. The van der Waals surface area contributed by atoms with Gasteiger partial charge in [-0.2, -0.15) is 0 Å². The lowest BCUT2D eigenvalue weighted by Gasteiger charge is -2.39. The van der Waals surface area contributed by atoms with E-state index < -0.39 is 22.9 Å². The molecule has 0 bridgehead atoms. The van der Waals surface area contributed by atoms with Gasteiger partial charge >= 0.3 is 5.97 Å². The predicted molar refractivity (Wildman–Crippen MR) is 128 cm³/mol. The molecule has 1 atom stereocenters. The molecular formula is C25H24N4O5. The van der Waals surface area contributed by atoms with Crippen molar-refractivity contribution < 1.29 is 14.6 Å². The first-order valence-corrected chi connectivity index (χ1v) is 11.0. The first kappa shape index (κ1) is 23.1. The van der Waals surface area contributed by atoms with Gasteiger partial charge in [-0.05, 0) is 35.2 Å². The largest absolute Gasteiger partial charge is 0.480 e.